The number of phenolic OH excluding ortho intramolecular Hbond substituents is 1. The van der Waals surface area contributed by atoms with Gasteiger partial charge in [0, 0.05) is 25.3 Å². The summed E-state index contributed by atoms with van der Waals surface area (Å²) in [5, 5.41) is 23.4. The molecular formula is C36H57NO11. The Labute approximate surface area is 285 Å². The van der Waals surface area contributed by atoms with Crippen LogP contribution in [0.4, 0.5) is 0 Å². The van der Waals surface area contributed by atoms with E-state index in [0.29, 0.717) is 111 Å². The number of aromatic hydroxyl groups is 1. The zero-order valence-corrected chi connectivity index (χ0v) is 28.7. The van der Waals surface area contributed by atoms with Crippen molar-refractivity contribution in [3.8, 4) is 11.5 Å². The Balaban J connectivity index is 0.843. The highest BCUT2D eigenvalue weighted by molar-refractivity contribution is 5.62. The van der Waals surface area contributed by atoms with Crippen LogP contribution in [0.25, 0.3) is 0 Å². The van der Waals surface area contributed by atoms with E-state index in [9.17, 15) is 10.2 Å². The highest BCUT2D eigenvalue weighted by Gasteiger charge is 2.73. The minimum atomic E-state index is -0.898. The average molecular weight is 680 g/mol. The Kier molecular flexibility index (Phi) is 13.3. The Bertz CT molecular complexity index is 1140. The first-order chi connectivity index (χ1) is 23.6. The molecule has 5 atom stereocenters. The summed E-state index contributed by atoms with van der Waals surface area (Å²) in [6.07, 6.45) is 6.41. The molecule has 2 bridgehead atoms. The summed E-state index contributed by atoms with van der Waals surface area (Å²) in [6, 6.07) is 3.87. The van der Waals surface area contributed by atoms with Crippen LogP contribution >= 0.6 is 0 Å². The minimum absolute atomic E-state index is 0.0666. The van der Waals surface area contributed by atoms with Crippen LogP contribution in [-0.2, 0) is 49.7 Å². The fourth-order valence-electron chi connectivity index (χ4n) is 8.58. The van der Waals surface area contributed by atoms with Crippen LogP contribution < -0.4 is 4.74 Å². The third-order valence-corrected chi connectivity index (χ3v) is 11.1. The van der Waals surface area contributed by atoms with Gasteiger partial charge in [-0.15, -0.1) is 0 Å². The molecule has 3 fully saturated rings. The van der Waals surface area contributed by atoms with Gasteiger partial charge >= 0.3 is 0 Å². The summed E-state index contributed by atoms with van der Waals surface area (Å²) in [4.78, 5) is 2.57. The maximum Gasteiger partial charge on any atom is 0.165 e. The number of phenols is 1. The van der Waals surface area contributed by atoms with Crippen LogP contribution in [0, 0.1) is 5.92 Å². The number of aliphatic hydroxyl groups is 1. The van der Waals surface area contributed by atoms with Gasteiger partial charge in [-0.3, -0.25) is 4.90 Å². The first-order valence-corrected chi connectivity index (χ1v) is 18.1. The second kappa shape index (κ2) is 17.6. The Morgan fingerprint density at radius 2 is 1.35 bits per heavy atom. The largest absolute Gasteiger partial charge is 0.504 e. The summed E-state index contributed by atoms with van der Waals surface area (Å²) in [5.41, 5.74) is 0.785. The lowest BCUT2D eigenvalue weighted by Crippen LogP contribution is -2.77. The first-order valence-electron chi connectivity index (χ1n) is 18.1. The molecule has 2 N–H and O–H groups in total. The maximum atomic E-state index is 12.6. The molecule has 2 heterocycles. The van der Waals surface area contributed by atoms with Crippen molar-refractivity contribution < 1.29 is 52.8 Å². The van der Waals surface area contributed by atoms with E-state index in [-0.39, 0.29) is 24.0 Å². The predicted molar refractivity (Wildman–Crippen MR) is 176 cm³/mol. The molecule has 5 aliphatic rings. The van der Waals surface area contributed by atoms with Crippen molar-refractivity contribution in [1.82, 2.24) is 4.90 Å². The molecule has 1 aromatic rings. The van der Waals surface area contributed by atoms with Gasteiger partial charge in [-0.25, -0.2) is 0 Å². The van der Waals surface area contributed by atoms with Crippen molar-refractivity contribution >= 4 is 0 Å². The highest BCUT2D eigenvalue weighted by atomic mass is 16.6. The molecule has 3 aliphatic carbocycles. The van der Waals surface area contributed by atoms with Gasteiger partial charge in [-0.05, 0) is 62.6 Å². The van der Waals surface area contributed by atoms with Crippen LogP contribution in [0.1, 0.15) is 49.7 Å². The van der Waals surface area contributed by atoms with E-state index in [1.165, 1.54) is 24.8 Å². The first kappa shape index (κ1) is 36.2. The normalized spacial score (nSPS) is 29.1. The molecule has 0 radical (unpaired) electrons. The third kappa shape index (κ3) is 7.83. The Morgan fingerprint density at radius 3 is 1.92 bits per heavy atom. The molecule has 272 valence electrons. The topological polar surface area (TPSA) is 127 Å². The smallest absolute Gasteiger partial charge is 0.165 e. The Morgan fingerprint density at radius 1 is 0.771 bits per heavy atom. The molecule has 0 amide bonds. The van der Waals surface area contributed by atoms with Gasteiger partial charge in [0.05, 0.1) is 110 Å². The van der Waals surface area contributed by atoms with Gasteiger partial charge in [-0.2, -0.15) is 0 Å². The van der Waals surface area contributed by atoms with Crippen LogP contribution in [-0.4, -0.2) is 152 Å². The summed E-state index contributed by atoms with van der Waals surface area (Å²) in [5.74, 6) is 1.47. The number of hydrogen-bond acceptors (Lipinski definition) is 12. The van der Waals surface area contributed by atoms with Crippen LogP contribution in [0.2, 0.25) is 0 Å². The number of piperidine rings is 1. The molecule has 1 aromatic carbocycles. The van der Waals surface area contributed by atoms with Crippen LogP contribution in [0.15, 0.2) is 12.1 Å². The zero-order valence-electron chi connectivity index (χ0n) is 28.7. The number of ether oxygens (including phenoxy) is 9. The van der Waals surface area contributed by atoms with Crippen molar-refractivity contribution in [3.05, 3.63) is 23.3 Å². The van der Waals surface area contributed by atoms with E-state index in [2.05, 4.69) is 4.90 Å². The van der Waals surface area contributed by atoms with E-state index in [4.69, 9.17) is 42.6 Å². The number of nitrogens with zero attached hydrogens (tertiary/aromatic N) is 1. The average Bonchev–Trinajstić information content (AvgIpc) is 3.42. The lowest BCUT2D eigenvalue weighted by atomic mass is 9.48. The van der Waals surface area contributed by atoms with Crippen molar-refractivity contribution in [3.63, 3.8) is 0 Å². The second-order valence-electron chi connectivity index (χ2n) is 13.8. The van der Waals surface area contributed by atoms with Crippen molar-refractivity contribution in [1.29, 1.82) is 0 Å². The van der Waals surface area contributed by atoms with Crippen LogP contribution in [0.3, 0.4) is 0 Å². The molecule has 6 rings (SSSR count). The molecule has 0 unspecified atom stereocenters. The fraction of sp³-hybridized carbons (Fsp3) is 0.833. The highest BCUT2D eigenvalue weighted by Crippen LogP contribution is 2.65. The monoisotopic (exact) mass is 679 g/mol. The number of methoxy groups -OCH3 is 1. The minimum Gasteiger partial charge on any atom is -0.504 e. The van der Waals surface area contributed by atoms with Gasteiger partial charge in [0.25, 0.3) is 0 Å². The predicted octanol–water partition coefficient (Wildman–Crippen LogP) is 2.48. The lowest BCUT2D eigenvalue weighted by Gasteiger charge is -2.64. The van der Waals surface area contributed by atoms with Gasteiger partial charge in [0.2, 0.25) is 0 Å². The molecule has 1 spiro atoms. The number of benzene rings is 1. The van der Waals surface area contributed by atoms with Crippen molar-refractivity contribution in [2.45, 2.75) is 74.2 Å². The van der Waals surface area contributed by atoms with Crippen molar-refractivity contribution in [2.24, 2.45) is 5.92 Å². The molecule has 12 nitrogen and oxygen atoms in total. The Hall–Kier alpha value is -1.58. The number of likely N-dealkylation sites (tertiary alicyclic amines) is 1. The lowest BCUT2D eigenvalue weighted by molar-refractivity contribution is -0.218. The molecule has 12 heteroatoms. The summed E-state index contributed by atoms with van der Waals surface area (Å²) < 4.78 is 51.1. The number of hydrogen-bond donors (Lipinski definition) is 2. The third-order valence-electron chi connectivity index (χ3n) is 11.1. The van der Waals surface area contributed by atoms with Gasteiger partial charge in [0.1, 0.15) is 6.10 Å². The van der Waals surface area contributed by atoms with Gasteiger partial charge in [0.15, 0.2) is 11.5 Å². The van der Waals surface area contributed by atoms with E-state index in [1.54, 1.807) is 13.2 Å². The van der Waals surface area contributed by atoms with E-state index >= 15 is 0 Å². The molecule has 1 saturated heterocycles. The fourth-order valence-corrected chi connectivity index (χ4v) is 8.58. The molecular weight excluding hydrogens is 622 g/mol. The summed E-state index contributed by atoms with van der Waals surface area (Å²) in [7, 11) is 1.65. The standard InChI is InChI=1S/C36H57NO11/c1-40-11-12-41-13-14-42-15-16-43-17-18-44-19-20-45-21-22-46-23-24-47-30-7-8-36(39)31-25-28-5-6-29(38)33-32(28)35(36,34(30)48-33)9-10-37(31)26-27-3-2-4-27/h5-6,27,30-31,34,38-39H,2-4,7-26H2,1H3/t30-,31+,34-,35-,36+/m0/s1. The van der Waals surface area contributed by atoms with E-state index in [0.717, 1.165) is 37.4 Å². The summed E-state index contributed by atoms with van der Waals surface area (Å²) >= 11 is 0. The van der Waals surface area contributed by atoms with Crippen LogP contribution in [0.5, 0.6) is 11.5 Å². The van der Waals surface area contributed by atoms with E-state index in [1.807, 2.05) is 6.07 Å². The van der Waals surface area contributed by atoms with Gasteiger partial charge in [-0.1, -0.05) is 12.5 Å². The summed E-state index contributed by atoms with van der Waals surface area (Å²) in [6.45, 7) is 9.17. The number of rotatable bonds is 24. The second-order valence-corrected chi connectivity index (χ2v) is 13.8. The SMILES string of the molecule is COCCOCCOCCOCCOCCOCCOCCO[C@H]1CC[C@@]2(O)[C@H]3Cc4ccc(O)c5c4[C@@]2(CCN3CC2CCC2)[C@H]1O5. The maximum absolute atomic E-state index is 12.6. The quantitative estimate of drug-likeness (QED) is 0.156. The zero-order chi connectivity index (χ0) is 33.2. The molecule has 2 aliphatic heterocycles. The molecule has 2 saturated carbocycles. The van der Waals surface area contributed by atoms with E-state index < -0.39 is 11.0 Å². The van der Waals surface area contributed by atoms with Gasteiger partial charge < -0.3 is 52.8 Å². The molecule has 0 aromatic heterocycles. The van der Waals surface area contributed by atoms with Crippen molar-refractivity contribution in [2.75, 3.05) is 113 Å². The molecule has 48 heavy (non-hydrogen) atoms.